The van der Waals surface area contributed by atoms with Crippen LogP contribution in [0.2, 0.25) is 0 Å². The number of hydrogen-bond acceptors (Lipinski definition) is 8. The van der Waals surface area contributed by atoms with E-state index >= 15 is 0 Å². The fourth-order valence-electron chi connectivity index (χ4n) is 5.14. The Labute approximate surface area is 214 Å². The van der Waals surface area contributed by atoms with Gasteiger partial charge in [-0.3, -0.25) is 0 Å². The van der Waals surface area contributed by atoms with E-state index in [0.717, 1.165) is 39.5 Å². The third-order valence-corrected chi connectivity index (χ3v) is 6.74. The van der Waals surface area contributed by atoms with Crippen LogP contribution >= 0.6 is 0 Å². The monoisotopic (exact) mass is 498 g/mol. The highest BCUT2D eigenvalue weighted by molar-refractivity contribution is 5.85. The summed E-state index contributed by atoms with van der Waals surface area (Å²) in [5, 5.41) is 8.10. The fraction of sp³-hybridized carbons (Fsp3) is 0.214. The second-order valence-electron chi connectivity index (χ2n) is 8.58. The zero-order valence-electron chi connectivity index (χ0n) is 20.9. The quantitative estimate of drug-likeness (QED) is 0.403. The molecule has 2 aliphatic heterocycles. The third kappa shape index (κ3) is 3.54. The third-order valence-electron chi connectivity index (χ3n) is 6.74. The van der Waals surface area contributed by atoms with Crippen molar-refractivity contribution >= 4 is 11.6 Å². The van der Waals surface area contributed by atoms with Crippen LogP contribution < -0.4 is 29.0 Å². The Morgan fingerprint density at radius 3 is 2.27 bits per heavy atom. The van der Waals surface area contributed by atoms with Gasteiger partial charge in [-0.1, -0.05) is 30.3 Å². The van der Waals surface area contributed by atoms with Gasteiger partial charge in [-0.15, -0.1) is 0 Å². The SMILES string of the molecule is COc1ccccc1[C@@H]1C2=C(Nc3ncnn31)c1ccccc1O[C@@H]2c1cc(OC)c(OC)c(OC)c1. The van der Waals surface area contributed by atoms with Crippen LogP contribution in [0, 0.1) is 0 Å². The maximum atomic E-state index is 6.72. The molecule has 0 aliphatic carbocycles. The number of rotatable bonds is 6. The molecule has 3 aromatic carbocycles. The smallest absolute Gasteiger partial charge is 0.226 e. The fourth-order valence-corrected chi connectivity index (χ4v) is 5.14. The van der Waals surface area contributed by atoms with Gasteiger partial charge >= 0.3 is 0 Å². The summed E-state index contributed by atoms with van der Waals surface area (Å²) in [6.07, 6.45) is 1.03. The van der Waals surface area contributed by atoms with Crippen molar-refractivity contribution in [2.45, 2.75) is 12.1 Å². The minimum absolute atomic E-state index is 0.359. The summed E-state index contributed by atoms with van der Waals surface area (Å²) >= 11 is 0. The van der Waals surface area contributed by atoms with E-state index in [1.165, 1.54) is 0 Å². The van der Waals surface area contributed by atoms with Crippen LogP contribution in [-0.2, 0) is 0 Å². The van der Waals surface area contributed by atoms with Crippen LogP contribution in [0.1, 0.15) is 28.8 Å². The summed E-state index contributed by atoms with van der Waals surface area (Å²) < 4.78 is 31.3. The van der Waals surface area contributed by atoms with E-state index in [0.29, 0.717) is 23.2 Å². The van der Waals surface area contributed by atoms with Gasteiger partial charge in [0.25, 0.3) is 0 Å². The number of nitrogens with one attached hydrogen (secondary N) is 1. The number of anilines is 1. The van der Waals surface area contributed by atoms with Crippen LogP contribution in [0.15, 0.2) is 72.6 Å². The van der Waals surface area contributed by atoms with Gasteiger partial charge < -0.3 is 29.0 Å². The first-order valence-corrected chi connectivity index (χ1v) is 11.8. The van der Waals surface area contributed by atoms with Gasteiger partial charge in [-0.25, -0.2) is 4.68 Å². The summed E-state index contributed by atoms with van der Waals surface area (Å²) in [4.78, 5) is 4.50. The van der Waals surface area contributed by atoms with E-state index in [1.807, 2.05) is 65.3 Å². The molecule has 0 fully saturated rings. The van der Waals surface area contributed by atoms with E-state index in [2.05, 4.69) is 15.4 Å². The van der Waals surface area contributed by atoms with Gasteiger partial charge in [-0.05, 0) is 30.3 Å². The molecule has 188 valence electrons. The Morgan fingerprint density at radius 2 is 1.54 bits per heavy atom. The van der Waals surface area contributed by atoms with Crippen molar-refractivity contribution in [1.82, 2.24) is 14.8 Å². The van der Waals surface area contributed by atoms with Gasteiger partial charge in [-0.2, -0.15) is 10.1 Å². The van der Waals surface area contributed by atoms with Crippen LogP contribution in [-0.4, -0.2) is 43.2 Å². The van der Waals surface area contributed by atoms with Gasteiger partial charge in [0.2, 0.25) is 11.7 Å². The van der Waals surface area contributed by atoms with Gasteiger partial charge in [0.1, 0.15) is 30.0 Å². The number of methoxy groups -OCH3 is 4. The van der Waals surface area contributed by atoms with Crippen molar-refractivity contribution in [3.63, 3.8) is 0 Å². The molecule has 0 spiro atoms. The van der Waals surface area contributed by atoms with Crippen molar-refractivity contribution in [2.75, 3.05) is 33.8 Å². The lowest BCUT2D eigenvalue weighted by Gasteiger charge is -2.39. The van der Waals surface area contributed by atoms with Crippen LogP contribution in [0.5, 0.6) is 28.7 Å². The summed E-state index contributed by atoms with van der Waals surface area (Å²) in [5.74, 6) is 3.72. The molecule has 2 atom stereocenters. The Morgan fingerprint density at radius 1 is 0.838 bits per heavy atom. The summed E-state index contributed by atoms with van der Waals surface area (Å²) in [5.41, 5.74) is 4.58. The molecule has 0 saturated heterocycles. The van der Waals surface area contributed by atoms with E-state index in [9.17, 15) is 0 Å². The number of hydrogen-bond donors (Lipinski definition) is 1. The highest BCUT2D eigenvalue weighted by atomic mass is 16.5. The van der Waals surface area contributed by atoms with Gasteiger partial charge in [0.05, 0.1) is 34.1 Å². The standard InChI is InChI=1S/C28H26N4O5/c1-33-19-11-7-6-10-18(19)25-23-24(31-28-29-15-30-32(25)28)17-9-5-8-12-20(17)37-26(23)16-13-21(34-2)27(36-4)22(14-16)35-3/h5-15,25-26H,1-4H3,(H,29,30,31)/t25-,26-/m1/s1. The molecule has 0 bridgehead atoms. The minimum atomic E-state index is -0.515. The lowest BCUT2D eigenvalue weighted by Crippen LogP contribution is -2.32. The molecular formula is C28H26N4O5. The van der Waals surface area contributed by atoms with Crippen molar-refractivity contribution in [3.05, 3.63) is 89.3 Å². The zero-order chi connectivity index (χ0) is 25.5. The summed E-state index contributed by atoms with van der Waals surface area (Å²) in [6.45, 7) is 0. The Balaban J connectivity index is 1.64. The lowest BCUT2D eigenvalue weighted by atomic mass is 9.84. The predicted octanol–water partition coefficient (Wildman–Crippen LogP) is 4.87. The Kier molecular flexibility index (Phi) is 5.60. The molecule has 6 rings (SSSR count). The molecule has 3 heterocycles. The predicted molar refractivity (Wildman–Crippen MR) is 138 cm³/mol. The highest BCUT2D eigenvalue weighted by Gasteiger charge is 2.42. The lowest BCUT2D eigenvalue weighted by molar-refractivity contribution is 0.220. The maximum Gasteiger partial charge on any atom is 0.226 e. The van der Waals surface area contributed by atoms with Crippen LogP contribution in [0.4, 0.5) is 5.95 Å². The second kappa shape index (κ2) is 9.09. The molecule has 0 amide bonds. The van der Waals surface area contributed by atoms with Crippen LogP contribution in [0.25, 0.3) is 5.70 Å². The Bertz CT molecular complexity index is 1490. The molecule has 0 saturated carbocycles. The first-order chi connectivity index (χ1) is 18.2. The molecule has 2 aliphatic rings. The number of nitrogens with zero attached hydrogens (tertiary/aromatic N) is 3. The number of benzene rings is 3. The van der Waals surface area contributed by atoms with E-state index in [4.69, 9.17) is 23.7 Å². The summed E-state index contributed by atoms with van der Waals surface area (Å²) in [6, 6.07) is 19.3. The minimum Gasteiger partial charge on any atom is -0.496 e. The molecule has 1 aromatic heterocycles. The molecule has 0 radical (unpaired) electrons. The highest BCUT2D eigenvalue weighted by Crippen LogP contribution is 2.53. The maximum absolute atomic E-state index is 6.72. The number of ether oxygens (including phenoxy) is 5. The molecule has 4 aromatic rings. The molecule has 1 N–H and O–H groups in total. The molecular weight excluding hydrogens is 472 g/mol. The van der Waals surface area contributed by atoms with Crippen molar-refractivity contribution < 1.29 is 23.7 Å². The van der Waals surface area contributed by atoms with Crippen LogP contribution in [0.3, 0.4) is 0 Å². The largest absolute Gasteiger partial charge is 0.496 e. The topological polar surface area (TPSA) is 88.9 Å². The average molecular weight is 499 g/mol. The van der Waals surface area contributed by atoms with E-state index in [-0.39, 0.29) is 6.04 Å². The van der Waals surface area contributed by atoms with Gasteiger partial charge in [0, 0.05) is 22.3 Å². The van der Waals surface area contributed by atoms with Crippen molar-refractivity contribution in [2.24, 2.45) is 0 Å². The first kappa shape index (κ1) is 22.8. The number of fused-ring (bicyclic) bond motifs is 3. The average Bonchev–Trinajstić information content (AvgIpc) is 3.43. The molecule has 0 unspecified atom stereocenters. The summed E-state index contributed by atoms with van der Waals surface area (Å²) in [7, 11) is 6.46. The van der Waals surface area contributed by atoms with Crippen molar-refractivity contribution in [3.8, 4) is 28.7 Å². The Hall–Kier alpha value is -4.66. The molecule has 9 heteroatoms. The van der Waals surface area contributed by atoms with E-state index in [1.54, 1.807) is 34.8 Å². The van der Waals surface area contributed by atoms with E-state index < -0.39 is 6.10 Å². The second-order valence-corrected chi connectivity index (χ2v) is 8.58. The molecule has 9 nitrogen and oxygen atoms in total. The zero-order valence-corrected chi connectivity index (χ0v) is 20.9. The molecule has 37 heavy (non-hydrogen) atoms. The number of aromatic nitrogens is 3. The van der Waals surface area contributed by atoms with Crippen molar-refractivity contribution in [1.29, 1.82) is 0 Å². The first-order valence-electron chi connectivity index (χ1n) is 11.8. The normalized spacial score (nSPS) is 17.5. The van der Waals surface area contributed by atoms with Gasteiger partial charge in [0.15, 0.2) is 11.5 Å². The number of para-hydroxylation sites is 2.